The predicted molar refractivity (Wildman–Crippen MR) is 55.8 cm³/mol. The molecule has 0 radical (unpaired) electrons. The average Bonchev–Trinajstić information content (AvgIpc) is 2.26. The average molecular weight is 310 g/mol. The van der Waals surface area contributed by atoms with Gasteiger partial charge in [-0.25, -0.2) is 4.79 Å². The molecule has 0 aliphatic carbocycles. The lowest BCUT2D eigenvalue weighted by atomic mass is 10.2. The Morgan fingerprint density at radius 1 is 1.20 bits per heavy atom. The number of aliphatic carboxylic acids is 1. The van der Waals surface area contributed by atoms with Crippen molar-refractivity contribution in [2.75, 3.05) is 13.1 Å². The van der Waals surface area contributed by atoms with Crippen LogP contribution in [-0.4, -0.2) is 48.3 Å². The standard InChI is InChI=1S/C7H11F3N2O.C2HF3O2/c1-2-3-12-4-5(11)6(13)7(8,9)10;3-2(4,5)1(6)7/h2,5,12H,1,3-4,11H2;(H,6,7). The summed E-state index contributed by atoms with van der Waals surface area (Å²) in [6.45, 7) is 3.45. The molecule has 11 heteroatoms. The van der Waals surface area contributed by atoms with E-state index in [0.717, 1.165) is 0 Å². The Kier molecular flexibility index (Phi) is 8.83. The molecular weight excluding hydrogens is 298 g/mol. The van der Waals surface area contributed by atoms with Crippen LogP contribution in [-0.2, 0) is 9.59 Å². The lowest BCUT2D eigenvalue weighted by molar-refractivity contribution is -0.192. The van der Waals surface area contributed by atoms with Crippen LogP contribution in [0, 0.1) is 0 Å². The van der Waals surface area contributed by atoms with Gasteiger partial charge in [0.05, 0.1) is 6.04 Å². The van der Waals surface area contributed by atoms with Gasteiger partial charge in [0.2, 0.25) is 0 Å². The fourth-order valence-corrected chi connectivity index (χ4v) is 0.644. The molecule has 0 heterocycles. The number of carboxylic acid groups (broad SMARTS) is 1. The Bertz CT molecular complexity index is 340. The number of nitrogens with two attached hydrogens (primary N) is 1. The highest BCUT2D eigenvalue weighted by atomic mass is 19.4. The molecule has 0 aromatic rings. The summed E-state index contributed by atoms with van der Waals surface area (Å²) >= 11 is 0. The van der Waals surface area contributed by atoms with Crippen LogP contribution in [0.3, 0.4) is 0 Å². The van der Waals surface area contributed by atoms with Crippen molar-refractivity contribution < 1.29 is 41.0 Å². The first-order valence-electron chi connectivity index (χ1n) is 4.82. The van der Waals surface area contributed by atoms with E-state index in [9.17, 15) is 31.1 Å². The molecule has 0 saturated carbocycles. The number of nitrogens with one attached hydrogen (secondary N) is 1. The molecule has 20 heavy (non-hydrogen) atoms. The van der Waals surface area contributed by atoms with Crippen LogP contribution in [0.25, 0.3) is 0 Å². The first-order valence-corrected chi connectivity index (χ1v) is 4.82. The molecule has 0 aliphatic rings. The third kappa shape index (κ3) is 10.3. The van der Waals surface area contributed by atoms with E-state index in [0.29, 0.717) is 6.54 Å². The molecule has 118 valence electrons. The Morgan fingerprint density at radius 3 is 1.85 bits per heavy atom. The maximum absolute atomic E-state index is 11.7. The monoisotopic (exact) mass is 310 g/mol. The van der Waals surface area contributed by atoms with Crippen LogP contribution in [0.1, 0.15) is 0 Å². The van der Waals surface area contributed by atoms with E-state index in [-0.39, 0.29) is 6.54 Å². The van der Waals surface area contributed by atoms with E-state index < -0.39 is 30.1 Å². The SMILES string of the molecule is C=CCNCC(N)C(=O)C(F)(F)F.O=C(O)C(F)(F)F. The van der Waals surface area contributed by atoms with E-state index in [1.807, 2.05) is 0 Å². The van der Waals surface area contributed by atoms with Crippen LogP contribution in [0.4, 0.5) is 26.3 Å². The number of carbonyl (C=O) groups excluding carboxylic acids is 1. The molecule has 0 aromatic carbocycles. The summed E-state index contributed by atoms with van der Waals surface area (Å²) in [7, 11) is 0. The van der Waals surface area contributed by atoms with Crippen molar-refractivity contribution in [3.8, 4) is 0 Å². The lowest BCUT2D eigenvalue weighted by Crippen LogP contribution is -2.46. The van der Waals surface area contributed by atoms with Crippen molar-refractivity contribution in [3.05, 3.63) is 12.7 Å². The summed E-state index contributed by atoms with van der Waals surface area (Å²) in [5.74, 6) is -4.67. The number of carbonyl (C=O) groups is 2. The van der Waals surface area contributed by atoms with Gasteiger partial charge in [-0.3, -0.25) is 4.79 Å². The number of alkyl halides is 6. The summed E-state index contributed by atoms with van der Waals surface area (Å²) < 4.78 is 66.9. The quantitative estimate of drug-likeness (QED) is 0.398. The highest BCUT2D eigenvalue weighted by molar-refractivity contribution is 5.89. The second kappa shape index (κ2) is 8.53. The Hall–Kier alpha value is -1.62. The zero-order chi connectivity index (χ0) is 16.6. The van der Waals surface area contributed by atoms with E-state index in [4.69, 9.17) is 15.6 Å². The maximum atomic E-state index is 11.7. The van der Waals surface area contributed by atoms with Gasteiger partial charge in [0.1, 0.15) is 0 Å². The summed E-state index contributed by atoms with van der Waals surface area (Å²) in [5, 5.41) is 9.65. The van der Waals surface area contributed by atoms with Gasteiger partial charge in [-0.05, 0) is 0 Å². The number of rotatable bonds is 5. The first kappa shape index (κ1) is 20.7. The van der Waals surface area contributed by atoms with Gasteiger partial charge in [0, 0.05) is 13.1 Å². The highest BCUT2D eigenvalue weighted by Gasteiger charge is 2.41. The van der Waals surface area contributed by atoms with Crippen LogP contribution < -0.4 is 11.1 Å². The van der Waals surface area contributed by atoms with E-state index in [1.54, 1.807) is 0 Å². The predicted octanol–water partition coefficient (Wildman–Crippen LogP) is 0.854. The van der Waals surface area contributed by atoms with Crippen molar-refractivity contribution in [1.82, 2.24) is 5.32 Å². The van der Waals surface area contributed by atoms with Crippen molar-refractivity contribution in [2.24, 2.45) is 5.73 Å². The topological polar surface area (TPSA) is 92.4 Å². The van der Waals surface area contributed by atoms with Gasteiger partial charge in [-0.1, -0.05) is 6.08 Å². The van der Waals surface area contributed by atoms with E-state index in [2.05, 4.69) is 11.9 Å². The summed E-state index contributed by atoms with van der Waals surface area (Å²) in [4.78, 5) is 19.3. The maximum Gasteiger partial charge on any atom is 0.490 e. The molecule has 1 atom stereocenters. The molecule has 0 rings (SSSR count). The van der Waals surface area contributed by atoms with E-state index >= 15 is 0 Å². The summed E-state index contributed by atoms with van der Waals surface area (Å²) in [6.07, 6.45) is -8.47. The number of ketones is 1. The van der Waals surface area contributed by atoms with Crippen LogP contribution in [0.15, 0.2) is 12.7 Å². The Balaban J connectivity index is 0. The van der Waals surface area contributed by atoms with Gasteiger partial charge < -0.3 is 16.2 Å². The zero-order valence-electron chi connectivity index (χ0n) is 9.88. The van der Waals surface area contributed by atoms with Gasteiger partial charge in [0.15, 0.2) is 0 Å². The second-order valence-corrected chi connectivity index (χ2v) is 3.22. The summed E-state index contributed by atoms with van der Waals surface area (Å²) in [6, 6.07) is -1.54. The molecule has 0 aliphatic heterocycles. The molecule has 0 spiro atoms. The van der Waals surface area contributed by atoms with Crippen molar-refractivity contribution >= 4 is 11.8 Å². The number of Topliss-reactive ketones (excluding diaryl/α,β-unsaturated/α-hetero) is 1. The molecular formula is C9H12F6N2O3. The van der Waals surface area contributed by atoms with E-state index in [1.165, 1.54) is 6.08 Å². The van der Waals surface area contributed by atoms with Gasteiger partial charge >= 0.3 is 18.3 Å². The largest absolute Gasteiger partial charge is 0.490 e. The number of hydrogen-bond donors (Lipinski definition) is 3. The fraction of sp³-hybridized carbons (Fsp3) is 0.556. The molecule has 0 amide bonds. The minimum absolute atomic E-state index is 0.204. The molecule has 4 N–H and O–H groups in total. The fourth-order valence-electron chi connectivity index (χ4n) is 0.644. The second-order valence-electron chi connectivity index (χ2n) is 3.22. The van der Waals surface area contributed by atoms with Crippen LogP contribution in [0.5, 0.6) is 0 Å². The van der Waals surface area contributed by atoms with Gasteiger partial charge in [0.25, 0.3) is 5.78 Å². The smallest absolute Gasteiger partial charge is 0.475 e. The first-order chi connectivity index (χ1) is 8.84. The minimum Gasteiger partial charge on any atom is -0.475 e. The van der Waals surface area contributed by atoms with Crippen molar-refractivity contribution in [1.29, 1.82) is 0 Å². The number of carboxylic acids is 1. The lowest BCUT2D eigenvalue weighted by Gasteiger charge is -2.12. The van der Waals surface area contributed by atoms with Crippen molar-refractivity contribution in [2.45, 2.75) is 18.4 Å². The normalized spacial score (nSPS) is 12.9. The minimum atomic E-state index is -5.08. The molecule has 0 saturated heterocycles. The van der Waals surface area contributed by atoms with Gasteiger partial charge in [-0.2, -0.15) is 26.3 Å². The Labute approximate surface area is 109 Å². The van der Waals surface area contributed by atoms with Gasteiger partial charge in [-0.15, -0.1) is 6.58 Å². The zero-order valence-corrected chi connectivity index (χ0v) is 9.88. The van der Waals surface area contributed by atoms with Crippen LogP contribution >= 0.6 is 0 Å². The number of halogens is 6. The van der Waals surface area contributed by atoms with Crippen molar-refractivity contribution in [3.63, 3.8) is 0 Å². The summed E-state index contributed by atoms with van der Waals surface area (Å²) in [5.41, 5.74) is 4.98. The third-order valence-corrected chi connectivity index (χ3v) is 1.51. The molecule has 5 nitrogen and oxygen atoms in total. The van der Waals surface area contributed by atoms with Crippen LogP contribution in [0.2, 0.25) is 0 Å². The Morgan fingerprint density at radius 2 is 1.60 bits per heavy atom. The highest BCUT2D eigenvalue weighted by Crippen LogP contribution is 2.16. The molecule has 0 fully saturated rings. The molecule has 1 unspecified atom stereocenters. The molecule has 0 aromatic heterocycles. The molecule has 0 bridgehead atoms. The number of hydrogen-bond acceptors (Lipinski definition) is 4. The third-order valence-electron chi connectivity index (χ3n) is 1.51.